The molecular formula is C25H33N3O6S. The molecule has 1 unspecified atom stereocenters. The molecule has 2 amide bonds. The Hall–Kier alpha value is -3.11. The highest BCUT2D eigenvalue weighted by Gasteiger charge is 2.30. The maximum Gasteiger partial charge on any atom is 0.242 e. The second-order valence-corrected chi connectivity index (χ2v) is 10.5. The first kappa shape index (κ1) is 26.5. The smallest absolute Gasteiger partial charge is 0.242 e. The van der Waals surface area contributed by atoms with Crippen LogP contribution in [0.3, 0.4) is 0 Å². The third kappa shape index (κ3) is 6.12. The van der Waals surface area contributed by atoms with Crippen LogP contribution >= 0.6 is 0 Å². The van der Waals surface area contributed by atoms with E-state index in [4.69, 9.17) is 9.47 Å². The molecule has 0 saturated heterocycles. The maximum absolute atomic E-state index is 13.3. The van der Waals surface area contributed by atoms with Gasteiger partial charge in [0.2, 0.25) is 21.8 Å². The topological polar surface area (TPSA) is 114 Å². The molecule has 2 aromatic carbocycles. The fourth-order valence-corrected chi connectivity index (χ4v) is 5.32. The molecule has 0 aliphatic carbocycles. The van der Waals surface area contributed by atoms with Crippen molar-refractivity contribution < 1.29 is 27.5 Å². The fraction of sp³-hybridized carbons (Fsp3) is 0.440. The van der Waals surface area contributed by atoms with Gasteiger partial charge in [0, 0.05) is 24.7 Å². The van der Waals surface area contributed by atoms with Crippen molar-refractivity contribution in [1.82, 2.24) is 4.72 Å². The predicted molar refractivity (Wildman–Crippen MR) is 135 cm³/mol. The molecule has 0 fully saturated rings. The summed E-state index contributed by atoms with van der Waals surface area (Å²) in [6, 6.07) is 8.67. The molecular weight excluding hydrogens is 470 g/mol. The monoisotopic (exact) mass is 503 g/mol. The summed E-state index contributed by atoms with van der Waals surface area (Å²) in [5.74, 6) is 0.494. The number of carbonyl (C=O) groups is 2. The Morgan fingerprint density at radius 2 is 1.83 bits per heavy atom. The van der Waals surface area contributed by atoms with Crippen molar-refractivity contribution in [3.05, 3.63) is 42.0 Å². The molecule has 0 aromatic heterocycles. The van der Waals surface area contributed by atoms with E-state index in [1.165, 1.54) is 20.3 Å². The summed E-state index contributed by atoms with van der Waals surface area (Å²) < 4.78 is 39.6. The van der Waals surface area contributed by atoms with Crippen molar-refractivity contribution in [2.75, 3.05) is 31.0 Å². The van der Waals surface area contributed by atoms with Crippen LogP contribution in [-0.2, 0) is 26.0 Å². The van der Waals surface area contributed by atoms with Crippen LogP contribution in [0.1, 0.15) is 39.2 Å². The number of carbonyl (C=O) groups excluding carboxylic acids is 2. The highest BCUT2D eigenvalue weighted by Crippen LogP contribution is 2.31. The number of methoxy groups -OCH3 is 2. The molecule has 0 radical (unpaired) electrons. The zero-order valence-corrected chi connectivity index (χ0v) is 21.6. The first-order valence-electron chi connectivity index (χ1n) is 11.6. The number of hydrogen-bond acceptors (Lipinski definition) is 6. The van der Waals surface area contributed by atoms with E-state index >= 15 is 0 Å². The summed E-state index contributed by atoms with van der Waals surface area (Å²) in [5, 5.41) is 2.77. The van der Waals surface area contributed by atoms with Crippen LogP contribution in [0.15, 0.2) is 41.3 Å². The van der Waals surface area contributed by atoms with Crippen LogP contribution in [0.4, 0.5) is 11.4 Å². The molecule has 2 N–H and O–H groups in total. The molecule has 1 heterocycles. The van der Waals surface area contributed by atoms with Gasteiger partial charge < -0.3 is 19.7 Å². The van der Waals surface area contributed by atoms with E-state index in [0.717, 1.165) is 11.3 Å². The van der Waals surface area contributed by atoms with E-state index < -0.39 is 22.0 Å². The number of anilines is 2. The number of benzene rings is 2. The summed E-state index contributed by atoms with van der Waals surface area (Å²) in [6.07, 6.45) is 1.25. The molecule has 9 nitrogen and oxygen atoms in total. The number of rotatable bonds is 10. The molecule has 35 heavy (non-hydrogen) atoms. The Bertz CT molecular complexity index is 1200. The van der Waals surface area contributed by atoms with Gasteiger partial charge in [-0.15, -0.1) is 0 Å². The number of hydrogen-bond donors (Lipinski definition) is 2. The summed E-state index contributed by atoms with van der Waals surface area (Å²) in [6.45, 7) is 6.15. The molecule has 3 rings (SSSR count). The van der Waals surface area contributed by atoms with E-state index in [2.05, 4.69) is 10.0 Å². The number of amides is 2. The van der Waals surface area contributed by atoms with Crippen molar-refractivity contribution in [3.8, 4) is 11.5 Å². The van der Waals surface area contributed by atoms with Crippen LogP contribution in [-0.4, -0.2) is 47.0 Å². The van der Waals surface area contributed by atoms with Crippen LogP contribution in [0.2, 0.25) is 0 Å². The van der Waals surface area contributed by atoms with Gasteiger partial charge in [0.25, 0.3) is 0 Å². The maximum atomic E-state index is 13.3. The molecule has 10 heteroatoms. The highest BCUT2D eigenvalue weighted by molar-refractivity contribution is 7.89. The lowest BCUT2D eigenvalue weighted by molar-refractivity contribution is -0.118. The number of nitrogens with zero attached hydrogens (tertiary/aromatic N) is 1. The molecule has 1 aliphatic rings. The van der Waals surface area contributed by atoms with Gasteiger partial charge in [-0.3, -0.25) is 9.59 Å². The number of nitrogens with one attached hydrogen (secondary N) is 2. The van der Waals surface area contributed by atoms with Gasteiger partial charge in [-0.2, -0.15) is 4.72 Å². The average Bonchev–Trinajstić information content (AvgIpc) is 3.26. The normalized spacial score (nSPS) is 13.9. The summed E-state index contributed by atoms with van der Waals surface area (Å²) in [5.41, 5.74) is 1.90. The minimum Gasteiger partial charge on any atom is -0.497 e. The Morgan fingerprint density at radius 1 is 1.09 bits per heavy atom. The molecule has 0 spiro atoms. The largest absolute Gasteiger partial charge is 0.497 e. The minimum atomic E-state index is -4.01. The van der Waals surface area contributed by atoms with E-state index in [1.807, 2.05) is 13.8 Å². The molecule has 1 aliphatic heterocycles. The molecule has 2 aromatic rings. The Kier molecular flexibility index (Phi) is 8.39. The zero-order chi connectivity index (χ0) is 25.8. The second-order valence-electron chi connectivity index (χ2n) is 8.80. The van der Waals surface area contributed by atoms with Gasteiger partial charge in [0.05, 0.1) is 24.8 Å². The Balaban J connectivity index is 1.84. The van der Waals surface area contributed by atoms with Gasteiger partial charge in [0.15, 0.2) is 0 Å². The van der Waals surface area contributed by atoms with Crippen molar-refractivity contribution in [1.29, 1.82) is 0 Å². The Labute approximate surface area is 206 Å². The van der Waals surface area contributed by atoms with E-state index in [1.54, 1.807) is 42.2 Å². The van der Waals surface area contributed by atoms with Crippen LogP contribution in [0, 0.1) is 5.92 Å². The minimum absolute atomic E-state index is 0.000814. The highest BCUT2D eigenvalue weighted by atomic mass is 32.2. The number of sulfonamides is 1. The van der Waals surface area contributed by atoms with Crippen molar-refractivity contribution in [3.63, 3.8) is 0 Å². The third-order valence-corrected chi connectivity index (χ3v) is 7.32. The van der Waals surface area contributed by atoms with Gasteiger partial charge in [-0.05, 0) is 54.7 Å². The van der Waals surface area contributed by atoms with Crippen LogP contribution < -0.4 is 24.4 Å². The summed E-state index contributed by atoms with van der Waals surface area (Å²) in [7, 11) is -1.01. The van der Waals surface area contributed by atoms with Crippen molar-refractivity contribution in [2.45, 2.75) is 51.0 Å². The van der Waals surface area contributed by atoms with Gasteiger partial charge >= 0.3 is 0 Å². The SMILES string of the molecule is CCC(=O)N1CCc2cc(S(=O)(=O)NC(CC(C)C)C(=O)Nc3cc(OC)ccc3OC)ccc21. The lowest BCUT2D eigenvalue weighted by Gasteiger charge is -2.21. The molecule has 190 valence electrons. The van der Waals surface area contributed by atoms with Crippen LogP contribution in [0.5, 0.6) is 11.5 Å². The third-order valence-electron chi connectivity index (χ3n) is 5.85. The lowest BCUT2D eigenvalue weighted by atomic mass is 10.0. The summed E-state index contributed by atoms with van der Waals surface area (Å²) >= 11 is 0. The fourth-order valence-electron chi connectivity index (χ4n) is 4.06. The molecule has 0 saturated carbocycles. The van der Waals surface area contributed by atoms with Gasteiger partial charge in [-0.25, -0.2) is 8.42 Å². The first-order valence-corrected chi connectivity index (χ1v) is 13.1. The molecule has 1 atom stereocenters. The summed E-state index contributed by atoms with van der Waals surface area (Å²) in [4.78, 5) is 27.1. The quantitative estimate of drug-likeness (QED) is 0.514. The number of fused-ring (bicyclic) bond motifs is 1. The zero-order valence-electron chi connectivity index (χ0n) is 20.8. The lowest BCUT2D eigenvalue weighted by Crippen LogP contribution is -2.44. The van der Waals surface area contributed by atoms with Crippen molar-refractivity contribution in [2.24, 2.45) is 5.92 Å². The van der Waals surface area contributed by atoms with Crippen molar-refractivity contribution >= 4 is 33.2 Å². The first-order chi connectivity index (χ1) is 16.6. The second kappa shape index (κ2) is 11.1. The molecule has 0 bridgehead atoms. The predicted octanol–water partition coefficient (Wildman–Crippen LogP) is 3.33. The standard InChI is InChI=1S/C25H33N3O6S/c1-6-24(29)28-12-11-17-14-19(8-9-22(17)28)35(31,32)27-21(13-16(2)3)25(30)26-20-15-18(33-4)7-10-23(20)34-5/h7-10,14-16,21,27H,6,11-13H2,1-5H3,(H,26,30). The van der Waals surface area contributed by atoms with E-state index in [-0.39, 0.29) is 16.7 Å². The van der Waals surface area contributed by atoms with E-state index in [9.17, 15) is 18.0 Å². The Morgan fingerprint density at radius 3 is 2.46 bits per heavy atom. The number of ether oxygens (including phenoxy) is 2. The van der Waals surface area contributed by atoms with Crippen LogP contribution in [0.25, 0.3) is 0 Å². The van der Waals surface area contributed by atoms with E-state index in [0.29, 0.717) is 43.0 Å². The average molecular weight is 504 g/mol. The van der Waals surface area contributed by atoms with Gasteiger partial charge in [0.1, 0.15) is 17.5 Å². The van der Waals surface area contributed by atoms with Gasteiger partial charge in [-0.1, -0.05) is 20.8 Å².